The normalized spacial score (nSPS) is 34.6. The Labute approximate surface area is 379 Å². The van der Waals surface area contributed by atoms with Crippen molar-refractivity contribution in [2.75, 3.05) is 30.3 Å². The van der Waals surface area contributed by atoms with Gasteiger partial charge in [0, 0.05) is 31.8 Å². The van der Waals surface area contributed by atoms with E-state index in [-0.39, 0.29) is 11.4 Å². The molecule has 8 rings (SSSR count). The van der Waals surface area contributed by atoms with E-state index in [1.54, 1.807) is 41.5 Å². The third kappa shape index (κ3) is 9.86. The van der Waals surface area contributed by atoms with Crippen molar-refractivity contribution in [2.24, 2.45) is 0 Å². The molecule has 2 aromatic rings. The van der Waals surface area contributed by atoms with Crippen molar-refractivity contribution in [3.05, 3.63) is 76.9 Å². The Morgan fingerprint density at radius 3 is 1.25 bits per heavy atom. The molecule has 15 atom stereocenters. The van der Waals surface area contributed by atoms with Gasteiger partial charge in [-0.25, -0.2) is 0 Å². The fourth-order valence-electron chi connectivity index (χ4n) is 9.39. The maximum Gasteiger partial charge on any atom is 0.299 e. The van der Waals surface area contributed by atoms with Gasteiger partial charge in [0.25, 0.3) is 22.7 Å². The lowest BCUT2D eigenvalue weighted by Crippen LogP contribution is -2.55. The molecule has 0 aromatic heterocycles. The van der Waals surface area contributed by atoms with E-state index in [0.717, 1.165) is 36.4 Å². The molecule has 0 amide bonds. The number of nitro groups is 4. The van der Waals surface area contributed by atoms with Crippen molar-refractivity contribution in [1.82, 2.24) is 4.90 Å². The van der Waals surface area contributed by atoms with E-state index < -0.39 is 171 Å². The molecule has 28 heteroatoms. The van der Waals surface area contributed by atoms with Crippen LogP contribution in [0.15, 0.2) is 36.4 Å². The summed E-state index contributed by atoms with van der Waals surface area (Å²) in [7, 11) is 0. The first-order valence-electron chi connectivity index (χ1n) is 21.2. The van der Waals surface area contributed by atoms with Gasteiger partial charge in [-0.1, -0.05) is 0 Å². The molecule has 67 heavy (non-hydrogen) atoms. The van der Waals surface area contributed by atoms with Crippen LogP contribution in [0.4, 0.5) is 34.1 Å². The van der Waals surface area contributed by atoms with Gasteiger partial charge in [-0.05, 0) is 53.7 Å². The first-order valence-corrected chi connectivity index (χ1v) is 21.2. The van der Waals surface area contributed by atoms with Gasteiger partial charge in [0.15, 0.2) is 36.2 Å². The van der Waals surface area contributed by atoms with Gasteiger partial charge in [0.2, 0.25) is 0 Å². The summed E-state index contributed by atoms with van der Waals surface area (Å²) in [6, 6.07) is 3.65. The van der Waals surface area contributed by atoms with Gasteiger partial charge in [-0.3, -0.25) is 45.4 Å². The first kappa shape index (κ1) is 48.5. The SMILES string of the molecule is CC1(C)O[C@H]2O[C@H]([C@@H](O)CN(C[C@@H](O)[C@H]3O[C@@H]4OC(C)(C)O[C@@H]4[C@H]3Nc3ccc([N+](=O)[O-])cc3[N+](=O)[O-])C[C@H](O)[C@H]3O[C@@H]4OC(C)(C)O[C@@H]4[C@H]3Nc3ccc([N+](=O)[O-])cc3[N+](=O)[O-])[C@H](O)[C@H]2O1. The van der Waals surface area contributed by atoms with Crippen molar-refractivity contribution in [3.63, 3.8) is 0 Å². The van der Waals surface area contributed by atoms with Crippen LogP contribution in [0, 0.1) is 40.5 Å². The smallest absolute Gasteiger partial charge is 0.299 e. The van der Waals surface area contributed by atoms with Crippen LogP contribution in [0.3, 0.4) is 0 Å². The number of ether oxygens (including phenoxy) is 9. The van der Waals surface area contributed by atoms with Crippen LogP contribution in [0.25, 0.3) is 0 Å². The van der Waals surface area contributed by atoms with Crippen LogP contribution >= 0.6 is 0 Å². The highest BCUT2D eigenvalue weighted by atomic mass is 16.9. The molecule has 368 valence electrons. The van der Waals surface area contributed by atoms with Crippen molar-refractivity contribution < 1.29 is 82.8 Å². The number of anilines is 2. The second-order valence-corrected chi connectivity index (χ2v) is 18.4. The van der Waals surface area contributed by atoms with E-state index in [1.165, 1.54) is 4.90 Å². The summed E-state index contributed by atoms with van der Waals surface area (Å²) >= 11 is 0. The third-order valence-corrected chi connectivity index (χ3v) is 12.1. The largest absolute Gasteiger partial charge is 0.389 e. The summed E-state index contributed by atoms with van der Waals surface area (Å²) in [6.45, 7) is 8.28. The fourth-order valence-corrected chi connectivity index (χ4v) is 9.39. The molecule has 28 nitrogen and oxygen atoms in total. The minimum absolute atomic E-state index is 0.174. The summed E-state index contributed by atoms with van der Waals surface area (Å²) in [4.78, 5) is 45.4. The number of hydrogen-bond acceptors (Lipinski definition) is 24. The molecule has 0 bridgehead atoms. The molecule has 6 N–H and O–H groups in total. The lowest BCUT2D eigenvalue weighted by Gasteiger charge is -2.36. The number of hydrogen-bond donors (Lipinski definition) is 6. The van der Waals surface area contributed by atoms with Crippen LogP contribution in [0.5, 0.6) is 0 Å². The van der Waals surface area contributed by atoms with E-state index in [9.17, 15) is 60.9 Å². The molecular formula is C39H51N7O21. The van der Waals surface area contributed by atoms with E-state index in [2.05, 4.69) is 10.6 Å². The topological polar surface area (TPSA) is 364 Å². The number of aliphatic hydroxyl groups excluding tert-OH is 4. The second kappa shape index (κ2) is 17.9. The number of nitro benzene ring substituents is 4. The molecule has 0 saturated carbocycles. The number of aliphatic hydroxyl groups is 4. The van der Waals surface area contributed by atoms with Crippen LogP contribution in [-0.2, 0) is 42.6 Å². The van der Waals surface area contributed by atoms with Crippen molar-refractivity contribution in [1.29, 1.82) is 0 Å². The summed E-state index contributed by atoms with van der Waals surface area (Å²) in [6.07, 6.45) is -16.4. The number of benzene rings is 2. The summed E-state index contributed by atoms with van der Waals surface area (Å²) < 4.78 is 53.9. The predicted molar refractivity (Wildman–Crippen MR) is 221 cm³/mol. The summed E-state index contributed by atoms with van der Waals surface area (Å²) in [5.74, 6) is -3.52. The molecule has 0 unspecified atom stereocenters. The van der Waals surface area contributed by atoms with E-state index in [1.807, 2.05) is 0 Å². The van der Waals surface area contributed by atoms with Crippen molar-refractivity contribution in [2.45, 2.75) is 151 Å². The zero-order valence-corrected chi connectivity index (χ0v) is 36.7. The van der Waals surface area contributed by atoms with E-state index in [0.29, 0.717) is 0 Å². The average Bonchev–Trinajstić information content (AvgIpc) is 4.03. The second-order valence-electron chi connectivity index (χ2n) is 18.4. The molecule has 0 spiro atoms. The average molecular weight is 954 g/mol. The highest BCUT2D eigenvalue weighted by molar-refractivity contribution is 5.67. The number of non-ortho nitro benzene ring substituents is 2. The Kier molecular flexibility index (Phi) is 12.9. The molecule has 6 saturated heterocycles. The van der Waals surface area contributed by atoms with Gasteiger partial charge < -0.3 is 73.7 Å². The highest BCUT2D eigenvalue weighted by Crippen LogP contribution is 2.44. The standard InChI is InChI=1S/C39H51N7O21/c1-37(2)62-31-25(40-18-9-7-16(43(51)52)11-20(18)45(55)56)28(59-34(31)65-37)22(47)13-42(15-24(49)30-27(50)33-36(61-30)67-39(5,6)64-33)14-23(48)29-26(32-35(60-29)66-38(3,4)63-32)41-19-10-8-17(44(53)54)12-21(19)46(57)58/h7-12,22-36,40-41,47-50H,13-15H2,1-6H3/t22-,23+,24-,25-,26-,27-,28+,29+,30+,31+,32+,33+,34+,35+,36+/m0/s1. The van der Waals surface area contributed by atoms with Crippen molar-refractivity contribution in [3.8, 4) is 0 Å². The minimum Gasteiger partial charge on any atom is -0.389 e. The van der Waals surface area contributed by atoms with E-state index >= 15 is 0 Å². The van der Waals surface area contributed by atoms with Crippen LogP contribution in [-0.4, -0.2) is 174 Å². The molecule has 0 aliphatic carbocycles. The molecule has 6 fully saturated rings. The maximum atomic E-state index is 12.1. The molecule has 2 aromatic carbocycles. The first-order chi connectivity index (χ1) is 31.3. The van der Waals surface area contributed by atoms with Gasteiger partial charge in [-0.15, -0.1) is 0 Å². The Bertz CT molecular complexity index is 2130. The number of rotatable bonds is 17. The monoisotopic (exact) mass is 953 g/mol. The molecule has 6 aliphatic heterocycles. The Morgan fingerprint density at radius 2 is 0.896 bits per heavy atom. The quantitative estimate of drug-likeness (QED) is 0.0949. The zero-order chi connectivity index (χ0) is 48.7. The number of nitrogens with zero attached hydrogens (tertiary/aromatic N) is 5. The Morgan fingerprint density at radius 1 is 0.552 bits per heavy atom. The highest BCUT2D eigenvalue weighted by Gasteiger charge is 2.60. The minimum atomic E-state index is -1.61. The molecule has 6 heterocycles. The van der Waals surface area contributed by atoms with E-state index in [4.69, 9.17) is 42.6 Å². The predicted octanol–water partition coefficient (Wildman–Crippen LogP) is 0.955. The van der Waals surface area contributed by atoms with Crippen LogP contribution in [0.2, 0.25) is 0 Å². The molecule has 0 radical (unpaired) electrons. The molecular weight excluding hydrogens is 902 g/mol. The number of fused-ring (bicyclic) bond motifs is 3. The molecule has 6 aliphatic rings. The fraction of sp³-hybridized carbons (Fsp3) is 0.692. The van der Waals surface area contributed by atoms with Crippen LogP contribution < -0.4 is 10.6 Å². The summed E-state index contributed by atoms with van der Waals surface area (Å²) in [5, 5.41) is 100. The van der Waals surface area contributed by atoms with Gasteiger partial charge in [-0.2, -0.15) is 0 Å². The lowest BCUT2D eigenvalue weighted by atomic mass is 9.99. The van der Waals surface area contributed by atoms with Gasteiger partial charge in [0.05, 0.1) is 62.2 Å². The van der Waals surface area contributed by atoms with Crippen LogP contribution in [0.1, 0.15) is 41.5 Å². The number of nitrogens with one attached hydrogen (secondary N) is 2. The summed E-state index contributed by atoms with van der Waals surface area (Å²) in [5.41, 5.74) is -2.77. The third-order valence-electron chi connectivity index (χ3n) is 12.1. The Balaban J connectivity index is 1.08. The van der Waals surface area contributed by atoms with Gasteiger partial charge in [0.1, 0.15) is 54.1 Å². The zero-order valence-electron chi connectivity index (χ0n) is 36.7. The lowest BCUT2D eigenvalue weighted by molar-refractivity contribution is -0.393. The van der Waals surface area contributed by atoms with Crippen molar-refractivity contribution >= 4 is 34.1 Å². The van der Waals surface area contributed by atoms with Gasteiger partial charge >= 0.3 is 0 Å². The maximum absolute atomic E-state index is 12.1. The Hall–Kier alpha value is -4.92.